The highest BCUT2D eigenvalue weighted by molar-refractivity contribution is 5.77. The third-order valence-electron chi connectivity index (χ3n) is 4.35. The third kappa shape index (κ3) is 7.16. The number of rotatable bonds is 8. The van der Waals surface area contributed by atoms with E-state index in [1.54, 1.807) is 0 Å². The Balaban J connectivity index is 1.60. The smallest absolute Gasteiger partial charge is 0.222 e. The molecule has 1 aliphatic heterocycles. The first-order valence-corrected chi connectivity index (χ1v) is 9.29. The van der Waals surface area contributed by atoms with Gasteiger partial charge in [-0.15, -0.1) is 0 Å². The minimum absolute atomic E-state index is 0.123. The Bertz CT molecular complexity index is 537. The number of carbonyl (C=O) groups is 2. The fraction of sp³-hybridized carbons (Fsp3) is 0.600. The van der Waals surface area contributed by atoms with E-state index >= 15 is 0 Å². The molecular formula is C20H30N2O3. The molecule has 2 amide bonds. The van der Waals surface area contributed by atoms with Gasteiger partial charge in [0.15, 0.2) is 0 Å². The molecule has 1 fully saturated rings. The van der Waals surface area contributed by atoms with Crippen LogP contribution in [0.4, 0.5) is 0 Å². The van der Waals surface area contributed by atoms with Gasteiger partial charge in [0.25, 0.3) is 0 Å². The number of benzene rings is 1. The maximum Gasteiger partial charge on any atom is 0.222 e. The van der Waals surface area contributed by atoms with Crippen molar-refractivity contribution < 1.29 is 14.3 Å². The highest BCUT2D eigenvalue weighted by Gasteiger charge is 2.23. The maximum absolute atomic E-state index is 12.3. The summed E-state index contributed by atoms with van der Waals surface area (Å²) in [6.07, 6.45) is 3.49. The molecule has 1 saturated heterocycles. The first-order valence-electron chi connectivity index (χ1n) is 9.29. The van der Waals surface area contributed by atoms with Crippen molar-refractivity contribution >= 4 is 11.8 Å². The Hall–Kier alpha value is -2.04. The molecule has 138 valence electrons. The Morgan fingerprint density at radius 2 is 1.88 bits per heavy atom. The second-order valence-electron chi connectivity index (χ2n) is 7.09. The van der Waals surface area contributed by atoms with Crippen LogP contribution in [0, 0.1) is 5.92 Å². The number of carbonyl (C=O) groups excluding carboxylic acids is 2. The number of hydrogen-bond donors (Lipinski definition) is 1. The molecule has 1 N–H and O–H groups in total. The van der Waals surface area contributed by atoms with Gasteiger partial charge in [-0.3, -0.25) is 9.59 Å². The molecule has 5 nitrogen and oxygen atoms in total. The largest absolute Gasteiger partial charge is 0.494 e. The standard InChI is InChI=1S/C20H30N2O3/c1-16(2)15-19(23)21-17-10-12-22(13-11-17)20(24)9-6-14-25-18-7-4-3-5-8-18/h3-5,7-8,16-17H,6,9-15H2,1-2H3,(H,21,23). The molecule has 0 spiro atoms. The summed E-state index contributed by atoms with van der Waals surface area (Å²) in [4.78, 5) is 26.0. The van der Waals surface area contributed by atoms with Gasteiger partial charge in [0, 0.05) is 32.0 Å². The van der Waals surface area contributed by atoms with Crippen LogP contribution in [0.5, 0.6) is 5.75 Å². The Labute approximate surface area is 150 Å². The molecule has 2 rings (SSSR count). The van der Waals surface area contributed by atoms with Gasteiger partial charge in [-0.1, -0.05) is 32.0 Å². The lowest BCUT2D eigenvalue weighted by Crippen LogP contribution is -2.46. The predicted molar refractivity (Wildman–Crippen MR) is 98.4 cm³/mol. The van der Waals surface area contributed by atoms with E-state index in [9.17, 15) is 9.59 Å². The van der Waals surface area contributed by atoms with Crippen LogP contribution in [0.15, 0.2) is 30.3 Å². The summed E-state index contributed by atoms with van der Waals surface area (Å²) < 4.78 is 5.62. The summed E-state index contributed by atoms with van der Waals surface area (Å²) in [5.74, 6) is 1.52. The molecule has 1 heterocycles. The Kier molecular flexibility index (Phi) is 7.76. The molecule has 1 aliphatic rings. The summed E-state index contributed by atoms with van der Waals surface area (Å²) in [7, 11) is 0. The first-order chi connectivity index (χ1) is 12.0. The molecular weight excluding hydrogens is 316 g/mol. The van der Waals surface area contributed by atoms with E-state index in [-0.39, 0.29) is 17.9 Å². The molecule has 25 heavy (non-hydrogen) atoms. The van der Waals surface area contributed by atoms with E-state index in [1.165, 1.54) is 0 Å². The summed E-state index contributed by atoms with van der Waals surface area (Å²) in [5, 5.41) is 3.08. The van der Waals surface area contributed by atoms with E-state index < -0.39 is 0 Å². The van der Waals surface area contributed by atoms with Gasteiger partial charge >= 0.3 is 0 Å². The molecule has 5 heteroatoms. The second-order valence-corrected chi connectivity index (χ2v) is 7.09. The lowest BCUT2D eigenvalue weighted by molar-refractivity contribution is -0.132. The van der Waals surface area contributed by atoms with E-state index in [4.69, 9.17) is 4.74 Å². The van der Waals surface area contributed by atoms with E-state index in [2.05, 4.69) is 5.32 Å². The van der Waals surface area contributed by atoms with Crippen LogP contribution in [-0.4, -0.2) is 42.5 Å². The molecule has 0 saturated carbocycles. The summed E-state index contributed by atoms with van der Waals surface area (Å²) in [6, 6.07) is 9.86. The summed E-state index contributed by atoms with van der Waals surface area (Å²) in [5.41, 5.74) is 0. The number of para-hydroxylation sites is 1. The molecule has 0 atom stereocenters. The number of ether oxygens (including phenoxy) is 1. The van der Waals surface area contributed by atoms with Crippen molar-refractivity contribution in [2.45, 2.75) is 52.0 Å². The minimum Gasteiger partial charge on any atom is -0.494 e. The molecule has 0 aromatic heterocycles. The van der Waals surface area contributed by atoms with Crippen LogP contribution < -0.4 is 10.1 Å². The molecule has 0 radical (unpaired) electrons. The number of amides is 2. The van der Waals surface area contributed by atoms with Crippen LogP contribution in [0.3, 0.4) is 0 Å². The van der Waals surface area contributed by atoms with E-state index in [1.807, 2.05) is 49.1 Å². The van der Waals surface area contributed by atoms with Crippen LogP contribution >= 0.6 is 0 Å². The van der Waals surface area contributed by atoms with Crippen LogP contribution in [0.1, 0.15) is 46.0 Å². The summed E-state index contributed by atoms with van der Waals surface area (Å²) in [6.45, 7) is 6.10. The van der Waals surface area contributed by atoms with Crippen molar-refractivity contribution in [3.05, 3.63) is 30.3 Å². The van der Waals surface area contributed by atoms with Gasteiger partial charge in [-0.2, -0.15) is 0 Å². The van der Waals surface area contributed by atoms with Crippen LogP contribution in [-0.2, 0) is 9.59 Å². The fourth-order valence-corrected chi connectivity index (χ4v) is 3.02. The number of nitrogens with zero attached hydrogens (tertiary/aromatic N) is 1. The maximum atomic E-state index is 12.3. The van der Waals surface area contributed by atoms with Crippen LogP contribution in [0.25, 0.3) is 0 Å². The number of hydrogen-bond acceptors (Lipinski definition) is 3. The predicted octanol–water partition coefficient (Wildman–Crippen LogP) is 3.00. The number of piperidine rings is 1. The van der Waals surface area contributed by atoms with E-state index in [0.717, 1.165) is 38.1 Å². The molecule has 1 aromatic rings. The van der Waals surface area contributed by atoms with Gasteiger partial charge < -0.3 is 15.0 Å². The average Bonchev–Trinajstić information content (AvgIpc) is 2.59. The topological polar surface area (TPSA) is 58.6 Å². The Morgan fingerprint density at radius 3 is 2.52 bits per heavy atom. The fourth-order valence-electron chi connectivity index (χ4n) is 3.02. The zero-order chi connectivity index (χ0) is 18.1. The normalized spacial score (nSPS) is 15.2. The molecule has 0 aliphatic carbocycles. The molecule has 0 unspecified atom stereocenters. The number of likely N-dealkylation sites (tertiary alicyclic amines) is 1. The highest BCUT2D eigenvalue weighted by atomic mass is 16.5. The van der Waals surface area contributed by atoms with Crippen molar-refractivity contribution in [1.29, 1.82) is 0 Å². The van der Waals surface area contributed by atoms with E-state index in [0.29, 0.717) is 25.4 Å². The van der Waals surface area contributed by atoms with Gasteiger partial charge in [-0.05, 0) is 37.3 Å². The van der Waals surface area contributed by atoms with Crippen LogP contribution in [0.2, 0.25) is 0 Å². The highest BCUT2D eigenvalue weighted by Crippen LogP contribution is 2.14. The quantitative estimate of drug-likeness (QED) is 0.736. The van der Waals surface area contributed by atoms with Crippen molar-refractivity contribution in [3.63, 3.8) is 0 Å². The SMILES string of the molecule is CC(C)CC(=O)NC1CCN(C(=O)CCCOc2ccccc2)CC1. The monoisotopic (exact) mass is 346 g/mol. The van der Waals surface area contributed by atoms with Gasteiger partial charge in [-0.25, -0.2) is 0 Å². The Morgan fingerprint density at radius 1 is 1.20 bits per heavy atom. The van der Waals surface area contributed by atoms with Crippen molar-refractivity contribution in [2.75, 3.05) is 19.7 Å². The zero-order valence-corrected chi connectivity index (χ0v) is 15.4. The molecule has 1 aromatic carbocycles. The van der Waals surface area contributed by atoms with Crippen molar-refractivity contribution in [2.24, 2.45) is 5.92 Å². The zero-order valence-electron chi connectivity index (χ0n) is 15.4. The second kappa shape index (κ2) is 10.1. The van der Waals surface area contributed by atoms with Crippen molar-refractivity contribution in [1.82, 2.24) is 10.2 Å². The minimum atomic E-state index is 0.123. The lowest BCUT2D eigenvalue weighted by atomic mass is 10.0. The van der Waals surface area contributed by atoms with Gasteiger partial charge in [0.05, 0.1) is 6.61 Å². The third-order valence-corrected chi connectivity index (χ3v) is 4.35. The molecule has 0 bridgehead atoms. The summed E-state index contributed by atoms with van der Waals surface area (Å²) >= 11 is 0. The lowest BCUT2D eigenvalue weighted by Gasteiger charge is -2.32. The number of nitrogens with one attached hydrogen (secondary N) is 1. The average molecular weight is 346 g/mol. The van der Waals surface area contributed by atoms with Crippen molar-refractivity contribution in [3.8, 4) is 5.75 Å². The first kappa shape index (κ1) is 19.3. The van der Waals surface area contributed by atoms with Gasteiger partial charge in [0.2, 0.25) is 11.8 Å². The van der Waals surface area contributed by atoms with Gasteiger partial charge in [0.1, 0.15) is 5.75 Å².